The van der Waals surface area contributed by atoms with Gasteiger partial charge in [-0.1, -0.05) is 11.3 Å². The molecule has 29 heavy (non-hydrogen) atoms. The number of ether oxygens (including phenoxy) is 2. The van der Waals surface area contributed by atoms with E-state index in [0.29, 0.717) is 30.3 Å². The van der Waals surface area contributed by atoms with Crippen molar-refractivity contribution >= 4 is 34.2 Å². The second kappa shape index (κ2) is 8.36. The maximum atomic E-state index is 12.6. The first-order valence-corrected chi connectivity index (χ1v) is 10.2. The third-order valence-electron chi connectivity index (χ3n) is 4.83. The first-order chi connectivity index (χ1) is 14.1. The van der Waals surface area contributed by atoms with Gasteiger partial charge in [-0.15, -0.1) is 10.2 Å². The molecule has 10 heteroatoms. The molecule has 2 aliphatic rings. The Kier molecular flexibility index (Phi) is 5.65. The Morgan fingerprint density at radius 3 is 2.90 bits per heavy atom. The van der Waals surface area contributed by atoms with Gasteiger partial charge in [0.25, 0.3) is 17.7 Å². The second-order valence-corrected chi connectivity index (χ2v) is 7.78. The Morgan fingerprint density at radius 2 is 2.14 bits per heavy atom. The molecule has 0 unspecified atom stereocenters. The molecule has 1 saturated heterocycles. The van der Waals surface area contributed by atoms with Crippen molar-refractivity contribution in [3.63, 3.8) is 0 Å². The van der Waals surface area contributed by atoms with Crippen molar-refractivity contribution in [1.29, 1.82) is 0 Å². The Morgan fingerprint density at radius 1 is 1.31 bits per heavy atom. The van der Waals surface area contributed by atoms with E-state index in [-0.39, 0.29) is 29.7 Å². The first-order valence-electron chi connectivity index (χ1n) is 9.34. The molecule has 0 saturated carbocycles. The third-order valence-corrected chi connectivity index (χ3v) is 5.76. The highest BCUT2D eigenvalue weighted by Crippen LogP contribution is 2.32. The Labute approximate surface area is 171 Å². The number of fused-ring (bicyclic) bond motifs is 1. The first kappa shape index (κ1) is 19.6. The van der Waals surface area contributed by atoms with Gasteiger partial charge in [0.05, 0.1) is 11.1 Å². The fourth-order valence-corrected chi connectivity index (χ4v) is 4.18. The summed E-state index contributed by atoms with van der Waals surface area (Å²) in [4.78, 5) is 38.8. The molecule has 1 atom stereocenters. The Hall–Kier alpha value is -2.69. The molecule has 3 heterocycles. The predicted molar refractivity (Wildman–Crippen MR) is 104 cm³/mol. The van der Waals surface area contributed by atoms with E-state index in [1.165, 1.54) is 34.4 Å². The van der Waals surface area contributed by atoms with Gasteiger partial charge in [-0.05, 0) is 37.5 Å². The number of hydrogen-bond acceptors (Lipinski definition) is 8. The van der Waals surface area contributed by atoms with Crippen LogP contribution in [0.5, 0.6) is 0 Å². The normalized spacial score (nSPS) is 18.4. The van der Waals surface area contributed by atoms with Crippen LogP contribution >= 0.6 is 11.3 Å². The van der Waals surface area contributed by atoms with Crippen molar-refractivity contribution in [3.05, 3.63) is 39.9 Å². The summed E-state index contributed by atoms with van der Waals surface area (Å²) >= 11 is 1.27. The molecule has 0 radical (unpaired) electrons. The molecule has 1 fully saturated rings. The highest BCUT2D eigenvalue weighted by Gasteiger charge is 2.35. The van der Waals surface area contributed by atoms with Crippen LogP contribution in [0.25, 0.3) is 0 Å². The lowest BCUT2D eigenvalue weighted by atomic mass is 10.1. The number of carbonyl (C=O) groups excluding carboxylic acids is 3. The number of aromatic nitrogens is 2. The number of nitrogens with one attached hydrogen (secondary N) is 1. The molecule has 2 aromatic rings. The zero-order valence-corrected chi connectivity index (χ0v) is 16.7. The monoisotopic (exact) mass is 416 g/mol. The summed E-state index contributed by atoms with van der Waals surface area (Å²) in [5, 5.41) is 11.9. The third kappa shape index (κ3) is 3.91. The van der Waals surface area contributed by atoms with Crippen molar-refractivity contribution < 1.29 is 23.9 Å². The molecule has 1 N–H and O–H groups in total. The minimum atomic E-state index is -0.416. The van der Waals surface area contributed by atoms with Crippen molar-refractivity contribution in [2.75, 3.05) is 32.2 Å². The van der Waals surface area contributed by atoms with E-state index >= 15 is 0 Å². The van der Waals surface area contributed by atoms with E-state index in [2.05, 4.69) is 15.5 Å². The number of hydrogen-bond donors (Lipinski definition) is 1. The van der Waals surface area contributed by atoms with Crippen LogP contribution in [0.2, 0.25) is 0 Å². The standard InChI is InChI=1S/C19H20N4O5S/c1-27-8-3-7-23-17(25)12-6-5-11(10-13(12)18(23)26)15(24)20-19-22-21-16(29-19)14-4-2-9-28-14/h5-6,10,14H,2-4,7-9H2,1H3,(H,20,22,24)/t14-/m1/s1. The molecule has 3 amide bonds. The van der Waals surface area contributed by atoms with Crippen LogP contribution in [0.1, 0.15) is 61.4 Å². The van der Waals surface area contributed by atoms with Gasteiger partial charge in [0.2, 0.25) is 5.13 Å². The lowest BCUT2D eigenvalue weighted by Gasteiger charge is -2.12. The maximum absolute atomic E-state index is 12.6. The van der Waals surface area contributed by atoms with Crippen molar-refractivity contribution in [2.24, 2.45) is 0 Å². The van der Waals surface area contributed by atoms with E-state index < -0.39 is 11.8 Å². The largest absolute Gasteiger partial charge is 0.385 e. The van der Waals surface area contributed by atoms with E-state index in [4.69, 9.17) is 9.47 Å². The number of methoxy groups -OCH3 is 1. The lowest BCUT2D eigenvalue weighted by molar-refractivity contribution is 0.0638. The smallest absolute Gasteiger partial charge is 0.261 e. The molecular weight excluding hydrogens is 396 g/mol. The van der Waals surface area contributed by atoms with E-state index in [0.717, 1.165) is 17.8 Å². The van der Waals surface area contributed by atoms with E-state index in [1.54, 1.807) is 7.11 Å². The predicted octanol–water partition coefficient (Wildman–Crippen LogP) is 2.27. The van der Waals surface area contributed by atoms with E-state index in [9.17, 15) is 14.4 Å². The van der Waals surface area contributed by atoms with Gasteiger partial charge in [0, 0.05) is 32.4 Å². The van der Waals surface area contributed by atoms with Gasteiger partial charge in [0.1, 0.15) is 11.1 Å². The van der Waals surface area contributed by atoms with Gasteiger partial charge >= 0.3 is 0 Å². The number of imide groups is 1. The molecule has 2 aliphatic heterocycles. The average Bonchev–Trinajstić information content (AvgIpc) is 3.45. The number of carbonyl (C=O) groups is 3. The zero-order valence-electron chi connectivity index (χ0n) is 15.8. The Balaban J connectivity index is 1.46. The highest BCUT2D eigenvalue weighted by atomic mass is 32.1. The summed E-state index contributed by atoms with van der Waals surface area (Å²) in [5.74, 6) is -1.16. The molecule has 0 aliphatic carbocycles. The summed E-state index contributed by atoms with van der Waals surface area (Å²) in [7, 11) is 1.56. The number of anilines is 1. The molecule has 0 spiro atoms. The quantitative estimate of drug-likeness (QED) is 0.544. The minimum absolute atomic E-state index is 0.0640. The number of amides is 3. The summed E-state index contributed by atoms with van der Waals surface area (Å²) in [6, 6.07) is 4.49. The molecule has 152 valence electrons. The zero-order chi connectivity index (χ0) is 20.4. The van der Waals surface area contributed by atoms with Crippen molar-refractivity contribution in [3.8, 4) is 0 Å². The fraction of sp³-hybridized carbons (Fsp3) is 0.421. The topological polar surface area (TPSA) is 111 Å². The number of nitrogens with zero attached hydrogens (tertiary/aromatic N) is 3. The summed E-state index contributed by atoms with van der Waals surface area (Å²) in [5.41, 5.74) is 0.815. The Bertz CT molecular complexity index is 954. The molecule has 9 nitrogen and oxygen atoms in total. The summed E-state index contributed by atoms with van der Waals surface area (Å²) < 4.78 is 10.5. The molecular formula is C19H20N4O5S. The van der Waals surface area contributed by atoms with E-state index in [1.807, 2.05) is 0 Å². The van der Waals surface area contributed by atoms with Gasteiger partial charge in [-0.3, -0.25) is 24.6 Å². The van der Waals surface area contributed by atoms with Crippen LogP contribution in [-0.2, 0) is 9.47 Å². The van der Waals surface area contributed by atoms with Crippen LogP contribution in [0.4, 0.5) is 5.13 Å². The van der Waals surface area contributed by atoms with Crippen LogP contribution in [0.15, 0.2) is 18.2 Å². The molecule has 4 rings (SSSR count). The van der Waals surface area contributed by atoms with Crippen molar-refractivity contribution in [1.82, 2.24) is 15.1 Å². The highest BCUT2D eigenvalue weighted by molar-refractivity contribution is 7.15. The second-order valence-electron chi connectivity index (χ2n) is 6.77. The van der Waals surface area contributed by atoms with Gasteiger partial charge in [-0.25, -0.2) is 0 Å². The SMILES string of the molecule is COCCCN1C(=O)c2ccc(C(=O)Nc3nnc([C@H]4CCCO4)s3)cc2C1=O. The van der Waals surface area contributed by atoms with Crippen LogP contribution in [0, 0.1) is 0 Å². The van der Waals surface area contributed by atoms with Crippen LogP contribution in [-0.4, -0.2) is 59.7 Å². The minimum Gasteiger partial charge on any atom is -0.385 e. The average molecular weight is 416 g/mol. The summed E-state index contributed by atoms with van der Waals surface area (Å²) in [6.45, 7) is 1.44. The van der Waals surface area contributed by atoms with Gasteiger partial charge < -0.3 is 9.47 Å². The number of benzene rings is 1. The maximum Gasteiger partial charge on any atom is 0.261 e. The van der Waals surface area contributed by atoms with Crippen LogP contribution < -0.4 is 5.32 Å². The van der Waals surface area contributed by atoms with Crippen LogP contribution in [0.3, 0.4) is 0 Å². The van der Waals surface area contributed by atoms with Gasteiger partial charge in [0.15, 0.2) is 0 Å². The molecule has 1 aromatic heterocycles. The molecule has 0 bridgehead atoms. The lowest BCUT2D eigenvalue weighted by Crippen LogP contribution is -2.31. The number of rotatable bonds is 7. The van der Waals surface area contributed by atoms with Crippen molar-refractivity contribution in [2.45, 2.75) is 25.4 Å². The summed E-state index contributed by atoms with van der Waals surface area (Å²) in [6.07, 6.45) is 2.37. The van der Waals surface area contributed by atoms with Gasteiger partial charge in [-0.2, -0.15) is 0 Å². The molecule has 1 aromatic carbocycles. The fourth-order valence-electron chi connectivity index (χ4n) is 3.36.